The molecule has 2 rings (SSSR count). The van der Waals surface area contributed by atoms with Crippen molar-refractivity contribution in [2.24, 2.45) is 0 Å². The zero-order valence-corrected chi connectivity index (χ0v) is 9.39. The maximum atomic E-state index is 14.1. The summed E-state index contributed by atoms with van der Waals surface area (Å²) in [6.07, 6.45) is 1.19. The number of rotatable bonds is 2. The Morgan fingerprint density at radius 3 is 2.47 bits per heavy atom. The lowest BCUT2D eigenvalue weighted by Crippen LogP contribution is -2.26. The second-order valence-electron chi connectivity index (χ2n) is 4.53. The minimum Gasteiger partial charge on any atom is -0.311 e. The van der Waals surface area contributed by atoms with Crippen LogP contribution in [0.5, 0.6) is 0 Å². The van der Waals surface area contributed by atoms with Crippen LogP contribution in [-0.4, -0.2) is 12.6 Å². The Morgan fingerprint density at radius 1 is 1.27 bits per heavy atom. The number of nitrogens with one attached hydrogen (secondary N) is 1. The van der Waals surface area contributed by atoms with Crippen molar-refractivity contribution in [2.45, 2.75) is 38.9 Å². The third-order valence-corrected chi connectivity index (χ3v) is 3.01. The second kappa shape index (κ2) is 4.31. The Bertz CT molecular complexity index is 322. The molecule has 2 atom stereocenters. The van der Waals surface area contributed by atoms with Gasteiger partial charge < -0.3 is 5.32 Å². The van der Waals surface area contributed by atoms with Crippen LogP contribution in [0.2, 0.25) is 0 Å². The zero-order valence-electron chi connectivity index (χ0n) is 9.39. The van der Waals surface area contributed by atoms with Gasteiger partial charge in [0.25, 0.3) is 0 Å². The number of hydrogen-bond donors (Lipinski definition) is 1. The predicted molar refractivity (Wildman–Crippen MR) is 60.8 cm³/mol. The summed E-state index contributed by atoms with van der Waals surface area (Å²) in [5.41, 5.74) is 3.11. The number of alkyl halides is 1. The fourth-order valence-corrected chi connectivity index (χ4v) is 2.36. The van der Waals surface area contributed by atoms with Crippen LogP contribution in [0.15, 0.2) is 18.2 Å². The summed E-state index contributed by atoms with van der Waals surface area (Å²) < 4.78 is 14.1. The Balaban J connectivity index is 2.20. The molecule has 1 fully saturated rings. The smallest absolute Gasteiger partial charge is 0.140 e. The van der Waals surface area contributed by atoms with Crippen molar-refractivity contribution >= 4 is 0 Å². The molecule has 0 spiro atoms. The maximum Gasteiger partial charge on any atom is 0.140 e. The number of benzene rings is 1. The van der Waals surface area contributed by atoms with Gasteiger partial charge in [0.2, 0.25) is 0 Å². The Hall–Kier alpha value is -0.890. The van der Waals surface area contributed by atoms with E-state index in [1.165, 1.54) is 0 Å². The van der Waals surface area contributed by atoms with E-state index in [1.54, 1.807) is 0 Å². The first-order valence-electron chi connectivity index (χ1n) is 5.62. The molecule has 0 aliphatic carbocycles. The molecule has 1 aromatic carbocycles. The second-order valence-corrected chi connectivity index (χ2v) is 4.53. The van der Waals surface area contributed by atoms with Crippen LogP contribution >= 0.6 is 0 Å². The van der Waals surface area contributed by atoms with E-state index >= 15 is 0 Å². The first-order valence-corrected chi connectivity index (χ1v) is 5.62. The van der Waals surface area contributed by atoms with Gasteiger partial charge in [0.1, 0.15) is 6.17 Å². The number of aryl methyl sites for hydroxylation is 2. The molecule has 1 N–H and O–H groups in total. The lowest BCUT2D eigenvalue weighted by Gasteiger charge is -2.17. The average molecular weight is 207 g/mol. The summed E-state index contributed by atoms with van der Waals surface area (Å²) in [5.74, 6) is 0. The van der Waals surface area contributed by atoms with Crippen LogP contribution < -0.4 is 5.32 Å². The van der Waals surface area contributed by atoms with E-state index in [-0.39, 0.29) is 6.04 Å². The van der Waals surface area contributed by atoms with Crippen molar-refractivity contribution in [1.29, 1.82) is 0 Å². The third kappa shape index (κ3) is 2.37. The van der Waals surface area contributed by atoms with Crippen molar-refractivity contribution in [3.8, 4) is 0 Å². The SMILES string of the molecule is Cc1cc(C)cc(C(F)C2CCCN2)c1. The van der Waals surface area contributed by atoms with Gasteiger partial charge in [0.15, 0.2) is 0 Å². The Kier molecular flexibility index (Phi) is 3.06. The van der Waals surface area contributed by atoms with E-state index in [0.29, 0.717) is 0 Å². The fraction of sp³-hybridized carbons (Fsp3) is 0.538. The van der Waals surface area contributed by atoms with Crippen molar-refractivity contribution < 1.29 is 4.39 Å². The molecule has 1 saturated heterocycles. The molecule has 0 bridgehead atoms. The molecule has 1 aliphatic rings. The van der Waals surface area contributed by atoms with Gasteiger partial charge in [-0.3, -0.25) is 0 Å². The zero-order chi connectivity index (χ0) is 10.8. The number of halogens is 1. The molecule has 1 aromatic rings. The number of hydrogen-bond acceptors (Lipinski definition) is 1. The highest BCUT2D eigenvalue weighted by molar-refractivity contribution is 5.30. The van der Waals surface area contributed by atoms with Gasteiger partial charge in [0.05, 0.1) is 0 Å². The average Bonchev–Trinajstić information content (AvgIpc) is 2.67. The molecular formula is C13H18FN. The first-order chi connectivity index (χ1) is 7.16. The molecule has 0 saturated carbocycles. The van der Waals surface area contributed by atoms with Crippen LogP contribution in [0.3, 0.4) is 0 Å². The van der Waals surface area contributed by atoms with E-state index in [1.807, 2.05) is 26.0 Å². The molecule has 0 amide bonds. The first kappa shape index (κ1) is 10.6. The third-order valence-electron chi connectivity index (χ3n) is 3.01. The summed E-state index contributed by atoms with van der Waals surface area (Å²) in [7, 11) is 0. The van der Waals surface area contributed by atoms with Crippen LogP contribution in [0.4, 0.5) is 4.39 Å². The van der Waals surface area contributed by atoms with Crippen LogP contribution in [0.1, 0.15) is 35.7 Å². The summed E-state index contributed by atoms with van der Waals surface area (Å²) in [6.45, 7) is 4.99. The van der Waals surface area contributed by atoms with Crippen molar-refractivity contribution in [2.75, 3.05) is 6.54 Å². The topological polar surface area (TPSA) is 12.0 Å². The van der Waals surface area contributed by atoms with Crippen LogP contribution in [0.25, 0.3) is 0 Å². The molecule has 82 valence electrons. The van der Waals surface area contributed by atoms with Gasteiger partial charge in [-0.15, -0.1) is 0 Å². The highest BCUT2D eigenvalue weighted by Crippen LogP contribution is 2.27. The molecule has 2 heteroatoms. The molecule has 0 radical (unpaired) electrons. The van der Waals surface area contributed by atoms with Gasteiger partial charge >= 0.3 is 0 Å². The lowest BCUT2D eigenvalue weighted by molar-refractivity contribution is 0.271. The maximum absolute atomic E-state index is 14.1. The van der Waals surface area contributed by atoms with Gasteiger partial charge in [-0.2, -0.15) is 0 Å². The van der Waals surface area contributed by atoms with E-state index in [4.69, 9.17) is 0 Å². The summed E-state index contributed by atoms with van der Waals surface area (Å²) >= 11 is 0. The van der Waals surface area contributed by atoms with Gasteiger partial charge in [0, 0.05) is 6.04 Å². The summed E-state index contributed by atoms with van der Waals surface area (Å²) in [6, 6.07) is 6.01. The van der Waals surface area contributed by atoms with Crippen molar-refractivity contribution in [3.05, 3.63) is 34.9 Å². The molecule has 1 heterocycles. The molecule has 0 aromatic heterocycles. The van der Waals surface area contributed by atoms with Crippen molar-refractivity contribution in [3.63, 3.8) is 0 Å². The van der Waals surface area contributed by atoms with Gasteiger partial charge in [-0.25, -0.2) is 4.39 Å². The minimum absolute atomic E-state index is 0.0196. The fourth-order valence-electron chi connectivity index (χ4n) is 2.36. The van der Waals surface area contributed by atoms with E-state index in [0.717, 1.165) is 36.1 Å². The predicted octanol–water partition coefficient (Wildman–Crippen LogP) is 3.07. The molecule has 15 heavy (non-hydrogen) atoms. The minimum atomic E-state index is -0.855. The Labute approximate surface area is 90.7 Å². The quantitative estimate of drug-likeness (QED) is 0.786. The molecule has 1 nitrogen and oxygen atoms in total. The van der Waals surface area contributed by atoms with E-state index in [9.17, 15) is 4.39 Å². The monoisotopic (exact) mass is 207 g/mol. The highest BCUT2D eigenvalue weighted by atomic mass is 19.1. The highest BCUT2D eigenvalue weighted by Gasteiger charge is 2.25. The normalized spacial score (nSPS) is 23.0. The standard InChI is InChI=1S/C13H18FN/c1-9-6-10(2)8-11(7-9)13(14)12-4-3-5-15-12/h6-8,12-13,15H,3-5H2,1-2H3. The molecule has 1 aliphatic heterocycles. The van der Waals surface area contributed by atoms with Gasteiger partial charge in [-0.1, -0.05) is 29.3 Å². The van der Waals surface area contributed by atoms with Gasteiger partial charge in [-0.05, 0) is 38.8 Å². The summed E-state index contributed by atoms with van der Waals surface area (Å²) in [5, 5.41) is 3.22. The van der Waals surface area contributed by atoms with E-state index < -0.39 is 6.17 Å². The summed E-state index contributed by atoms with van der Waals surface area (Å²) in [4.78, 5) is 0. The lowest BCUT2D eigenvalue weighted by atomic mass is 9.98. The van der Waals surface area contributed by atoms with E-state index in [2.05, 4.69) is 11.4 Å². The largest absolute Gasteiger partial charge is 0.311 e. The van der Waals surface area contributed by atoms with Crippen molar-refractivity contribution in [1.82, 2.24) is 5.32 Å². The van der Waals surface area contributed by atoms with Crippen LogP contribution in [0, 0.1) is 13.8 Å². The molecular weight excluding hydrogens is 189 g/mol. The Morgan fingerprint density at radius 2 is 1.93 bits per heavy atom. The molecule has 2 unspecified atom stereocenters. The van der Waals surface area contributed by atoms with Crippen LogP contribution in [-0.2, 0) is 0 Å².